The fourth-order valence-electron chi connectivity index (χ4n) is 1.41. The van der Waals surface area contributed by atoms with Crippen molar-refractivity contribution < 1.29 is 24.2 Å². The summed E-state index contributed by atoms with van der Waals surface area (Å²) >= 11 is 3.17. The minimum atomic E-state index is -1.01. The lowest BCUT2D eigenvalue weighted by Gasteiger charge is -2.12. The standard InChI is InChI=1S/C12H13BrO5/c1-4-18-12(16)11(15)8-9(13)6(2)5-7(17-3)10(8)14/h5,14H,4H2,1-3H3. The van der Waals surface area contributed by atoms with Gasteiger partial charge in [-0.2, -0.15) is 0 Å². The molecular weight excluding hydrogens is 304 g/mol. The third kappa shape index (κ3) is 2.64. The average molecular weight is 317 g/mol. The number of benzene rings is 1. The largest absolute Gasteiger partial charge is 0.504 e. The molecule has 1 aromatic rings. The van der Waals surface area contributed by atoms with Crippen molar-refractivity contribution in [2.45, 2.75) is 13.8 Å². The van der Waals surface area contributed by atoms with Crippen LogP contribution < -0.4 is 4.74 Å². The van der Waals surface area contributed by atoms with E-state index in [4.69, 9.17) is 4.74 Å². The van der Waals surface area contributed by atoms with Crippen molar-refractivity contribution >= 4 is 27.7 Å². The van der Waals surface area contributed by atoms with Crippen LogP contribution in [0.15, 0.2) is 10.5 Å². The molecule has 0 atom stereocenters. The number of hydrogen-bond donors (Lipinski definition) is 1. The van der Waals surface area contributed by atoms with Crippen molar-refractivity contribution in [2.75, 3.05) is 13.7 Å². The molecule has 0 aliphatic carbocycles. The van der Waals surface area contributed by atoms with Gasteiger partial charge in [0.25, 0.3) is 5.78 Å². The first kappa shape index (κ1) is 14.5. The van der Waals surface area contributed by atoms with Crippen LogP contribution in [0.3, 0.4) is 0 Å². The van der Waals surface area contributed by atoms with Gasteiger partial charge >= 0.3 is 5.97 Å². The monoisotopic (exact) mass is 316 g/mol. The van der Waals surface area contributed by atoms with Crippen LogP contribution in [-0.4, -0.2) is 30.6 Å². The predicted octanol–water partition coefficient (Wildman–Crippen LogP) is 2.22. The zero-order chi connectivity index (χ0) is 13.9. The molecule has 0 unspecified atom stereocenters. The molecule has 1 N–H and O–H groups in total. The van der Waals surface area contributed by atoms with Gasteiger partial charge in [-0.25, -0.2) is 4.79 Å². The number of phenolic OH excluding ortho intramolecular Hbond substituents is 1. The summed E-state index contributed by atoms with van der Waals surface area (Å²) in [7, 11) is 1.36. The van der Waals surface area contributed by atoms with Crippen LogP contribution in [0, 0.1) is 6.92 Å². The fraction of sp³-hybridized carbons (Fsp3) is 0.333. The van der Waals surface area contributed by atoms with E-state index in [0.717, 1.165) is 0 Å². The Morgan fingerprint density at radius 2 is 2.06 bits per heavy atom. The van der Waals surface area contributed by atoms with Crippen molar-refractivity contribution in [1.82, 2.24) is 0 Å². The Kier molecular flexibility index (Phi) is 4.72. The molecule has 5 nitrogen and oxygen atoms in total. The quantitative estimate of drug-likeness (QED) is 0.524. The number of aryl methyl sites for hydroxylation is 1. The second kappa shape index (κ2) is 5.86. The Balaban J connectivity index is 3.35. The third-order valence-corrected chi connectivity index (χ3v) is 3.31. The number of Topliss-reactive ketones (excluding diaryl/α,β-unsaturated/α-hetero) is 1. The van der Waals surface area contributed by atoms with Gasteiger partial charge in [0.2, 0.25) is 0 Å². The Labute approximate surface area is 113 Å². The molecule has 0 fully saturated rings. The highest BCUT2D eigenvalue weighted by Gasteiger charge is 2.27. The van der Waals surface area contributed by atoms with Gasteiger partial charge in [0.1, 0.15) is 0 Å². The lowest BCUT2D eigenvalue weighted by atomic mass is 10.1. The second-order valence-electron chi connectivity index (χ2n) is 3.48. The maximum Gasteiger partial charge on any atom is 0.379 e. The molecule has 98 valence electrons. The zero-order valence-corrected chi connectivity index (χ0v) is 11.8. The summed E-state index contributed by atoms with van der Waals surface area (Å²) in [6.45, 7) is 3.40. The summed E-state index contributed by atoms with van der Waals surface area (Å²) in [5, 5.41) is 9.90. The van der Waals surface area contributed by atoms with E-state index >= 15 is 0 Å². The number of carbonyl (C=O) groups excluding carboxylic acids is 2. The Hall–Kier alpha value is -1.56. The molecule has 0 saturated carbocycles. The van der Waals surface area contributed by atoms with Gasteiger partial charge in [0, 0.05) is 4.47 Å². The minimum absolute atomic E-state index is 0.0892. The van der Waals surface area contributed by atoms with Crippen LogP contribution in [-0.2, 0) is 9.53 Å². The summed E-state index contributed by atoms with van der Waals surface area (Å²) in [5.41, 5.74) is 0.516. The van der Waals surface area contributed by atoms with Crippen molar-refractivity contribution in [3.8, 4) is 11.5 Å². The fourth-order valence-corrected chi connectivity index (χ4v) is 1.90. The van der Waals surface area contributed by atoms with Gasteiger partial charge in [-0.05, 0) is 41.4 Å². The number of rotatable bonds is 4. The van der Waals surface area contributed by atoms with Crippen LogP contribution in [0.4, 0.5) is 0 Å². The third-order valence-electron chi connectivity index (χ3n) is 2.29. The van der Waals surface area contributed by atoms with E-state index in [9.17, 15) is 14.7 Å². The lowest BCUT2D eigenvalue weighted by molar-refractivity contribution is -0.137. The van der Waals surface area contributed by atoms with E-state index in [-0.39, 0.29) is 23.7 Å². The number of halogens is 1. The summed E-state index contributed by atoms with van der Waals surface area (Å²) in [6.07, 6.45) is 0. The average Bonchev–Trinajstić information content (AvgIpc) is 2.34. The van der Waals surface area contributed by atoms with Crippen molar-refractivity contribution in [2.24, 2.45) is 0 Å². The predicted molar refractivity (Wildman–Crippen MR) is 68.1 cm³/mol. The highest BCUT2D eigenvalue weighted by Crippen LogP contribution is 2.38. The second-order valence-corrected chi connectivity index (χ2v) is 4.28. The SMILES string of the molecule is CCOC(=O)C(=O)c1c(O)c(OC)cc(C)c1Br. The molecule has 6 heteroatoms. The van der Waals surface area contributed by atoms with E-state index in [1.54, 1.807) is 19.9 Å². The van der Waals surface area contributed by atoms with E-state index in [0.29, 0.717) is 10.0 Å². The van der Waals surface area contributed by atoms with E-state index < -0.39 is 11.8 Å². The number of methoxy groups -OCH3 is 1. The van der Waals surface area contributed by atoms with Crippen LogP contribution >= 0.6 is 15.9 Å². The molecule has 0 aliphatic heterocycles. The lowest BCUT2D eigenvalue weighted by Crippen LogP contribution is -2.18. The summed E-state index contributed by atoms with van der Waals surface area (Å²) in [6, 6.07) is 1.56. The number of ether oxygens (including phenoxy) is 2. The normalized spacial score (nSPS) is 10.0. The van der Waals surface area contributed by atoms with Gasteiger partial charge in [-0.15, -0.1) is 0 Å². The topological polar surface area (TPSA) is 72.8 Å². The van der Waals surface area contributed by atoms with Gasteiger partial charge in [-0.1, -0.05) is 0 Å². The molecule has 0 heterocycles. The van der Waals surface area contributed by atoms with Gasteiger partial charge in [-0.3, -0.25) is 4.79 Å². The molecule has 18 heavy (non-hydrogen) atoms. The highest BCUT2D eigenvalue weighted by molar-refractivity contribution is 9.10. The van der Waals surface area contributed by atoms with E-state index in [1.807, 2.05) is 0 Å². The number of ketones is 1. The van der Waals surface area contributed by atoms with E-state index in [1.165, 1.54) is 7.11 Å². The van der Waals surface area contributed by atoms with Crippen molar-refractivity contribution in [3.63, 3.8) is 0 Å². The zero-order valence-electron chi connectivity index (χ0n) is 10.2. The van der Waals surface area contributed by atoms with Crippen LogP contribution in [0.1, 0.15) is 22.8 Å². The Morgan fingerprint density at radius 1 is 1.44 bits per heavy atom. The molecule has 1 rings (SSSR count). The Morgan fingerprint density at radius 3 is 2.56 bits per heavy atom. The Bertz CT molecular complexity index is 496. The smallest absolute Gasteiger partial charge is 0.379 e. The number of phenols is 1. The molecule has 1 aromatic carbocycles. The molecular formula is C12H13BrO5. The van der Waals surface area contributed by atoms with Crippen LogP contribution in [0.2, 0.25) is 0 Å². The van der Waals surface area contributed by atoms with Gasteiger partial charge in [0.05, 0.1) is 19.3 Å². The summed E-state index contributed by atoms with van der Waals surface area (Å²) in [4.78, 5) is 23.3. The number of hydrogen-bond acceptors (Lipinski definition) is 5. The van der Waals surface area contributed by atoms with Crippen LogP contribution in [0.5, 0.6) is 11.5 Å². The maximum atomic E-state index is 11.9. The molecule has 0 spiro atoms. The number of esters is 1. The summed E-state index contributed by atoms with van der Waals surface area (Å²) in [5.74, 6) is -2.18. The molecule has 0 aromatic heterocycles. The van der Waals surface area contributed by atoms with Crippen molar-refractivity contribution in [3.05, 3.63) is 21.7 Å². The van der Waals surface area contributed by atoms with Crippen molar-refractivity contribution in [1.29, 1.82) is 0 Å². The molecule has 0 bridgehead atoms. The first-order valence-corrected chi connectivity index (χ1v) is 6.00. The maximum absolute atomic E-state index is 11.9. The first-order valence-electron chi connectivity index (χ1n) is 5.21. The highest BCUT2D eigenvalue weighted by atomic mass is 79.9. The van der Waals surface area contributed by atoms with E-state index in [2.05, 4.69) is 20.7 Å². The first-order chi connectivity index (χ1) is 8.43. The van der Waals surface area contributed by atoms with Gasteiger partial charge in [0.15, 0.2) is 11.5 Å². The number of carbonyl (C=O) groups is 2. The minimum Gasteiger partial charge on any atom is -0.504 e. The van der Waals surface area contributed by atoms with Gasteiger partial charge < -0.3 is 14.6 Å². The molecule has 0 radical (unpaired) electrons. The molecule has 0 aliphatic rings. The summed E-state index contributed by atoms with van der Waals surface area (Å²) < 4.78 is 9.90. The molecule has 0 amide bonds. The number of aromatic hydroxyl groups is 1. The molecule has 0 saturated heterocycles. The van der Waals surface area contributed by atoms with Crippen LogP contribution in [0.25, 0.3) is 0 Å².